The highest BCUT2D eigenvalue weighted by Gasteiger charge is 2.17. The quantitative estimate of drug-likeness (QED) is 0.857. The molecule has 2 atom stereocenters. The number of nitrogens with two attached hydrogens (primary N) is 1. The zero-order chi connectivity index (χ0) is 13.5. The van der Waals surface area contributed by atoms with Crippen molar-refractivity contribution < 1.29 is 14.2 Å². The minimum absolute atomic E-state index is 0.0727. The first-order chi connectivity index (χ1) is 9.33. The Bertz CT molecular complexity index is 360. The summed E-state index contributed by atoms with van der Waals surface area (Å²) in [5.41, 5.74) is 6.88. The minimum atomic E-state index is -0.0727. The monoisotopic (exact) mass is 265 g/mol. The molecular formula is C15H23NO3. The van der Waals surface area contributed by atoms with Crippen molar-refractivity contribution in [3.8, 4) is 5.75 Å². The van der Waals surface area contributed by atoms with Gasteiger partial charge >= 0.3 is 0 Å². The van der Waals surface area contributed by atoms with Crippen LogP contribution in [0.5, 0.6) is 5.75 Å². The van der Waals surface area contributed by atoms with Crippen molar-refractivity contribution in [1.82, 2.24) is 0 Å². The lowest BCUT2D eigenvalue weighted by Gasteiger charge is -2.25. The van der Waals surface area contributed by atoms with Gasteiger partial charge in [0.1, 0.15) is 5.75 Å². The summed E-state index contributed by atoms with van der Waals surface area (Å²) in [6, 6.07) is 7.85. The molecule has 0 aromatic heterocycles. The second-order valence-electron chi connectivity index (χ2n) is 4.82. The number of ether oxygens (including phenoxy) is 3. The molecule has 19 heavy (non-hydrogen) atoms. The van der Waals surface area contributed by atoms with Crippen molar-refractivity contribution in [2.24, 2.45) is 5.73 Å². The first-order valence-corrected chi connectivity index (χ1v) is 6.90. The molecule has 0 radical (unpaired) electrons. The van der Waals surface area contributed by atoms with Crippen LogP contribution in [-0.2, 0) is 9.47 Å². The second kappa shape index (κ2) is 7.48. The van der Waals surface area contributed by atoms with Crippen LogP contribution in [0.15, 0.2) is 24.3 Å². The summed E-state index contributed by atoms with van der Waals surface area (Å²) >= 11 is 0. The van der Waals surface area contributed by atoms with E-state index in [1.165, 1.54) is 6.42 Å². The molecule has 0 bridgehead atoms. The van der Waals surface area contributed by atoms with Crippen LogP contribution in [-0.4, -0.2) is 33.0 Å². The summed E-state index contributed by atoms with van der Waals surface area (Å²) in [4.78, 5) is 0. The Hall–Kier alpha value is -1.10. The third-order valence-electron chi connectivity index (χ3n) is 3.46. The Kier molecular flexibility index (Phi) is 5.63. The van der Waals surface area contributed by atoms with Crippen molar-refractivity contribution in [2.75, 3.05) is 26.9 Å². The second-order valence-corrected chi connectivity index (χ2v) is 4.82. The molecule has 1 aliphatic heterocycles. The summed E-state index contributed by atoms with van der Waals surface area (Å²) < 4.78 is 16.7. The van der Waals surface area contributed by atoms with Crippen LogP contribution in [0.3, 0.4) is 0 Å². The van der Waals surface area contributed by atoms with Gasteiger partial charge < -0.3 is 19.9 Å². The van der Waals surface area contributed by atoms with Crippen LogP contribution in [0, 0.1) is 0 Å². The summed E-state index contributed by atoms with van der Waals surface area (Å²) in [5, 5.41) is 0. The zero-order valence-corrected chi connectivity index (χ0v) is 11.5. The van der Waals surface area contributed by atoms with Crippen LogP contribution in [0.1, 0.15) is 30.9 Å². The Labute approximate surface area is 114 Å². The number of benzene rings is 1. The van der Waals surface area contributed by atoms with E-state index in [4.69, 9.17) is 19.9 Å². The van der Waals surface area contributed by atoms with Crippen molar-refractivity contribution in [3.05, 3.63) is 29.8 Å². The van der Waals surface area contributed by atoms with Crippen LogP contribution >= 0.6 is 0 Å². The van der Waals surface area contributed by atoms with Gasteiger partial charge in [-0.3, -0.25) is 0 Å². The molecule has 106 valence electrons. The summed E-state index contributed by atoms with van der Waals surface area (Å²) in [5.74, 6) is 0.843. The molecule has 0 amide bonds. The van der Waals surface area contributed by atoms with E-state index in [0.717, 1.165) is 30.8 Å². The highest BCUT2D eigenvalue weighted by atomic mass is 16.5. The first-order valence-electron chi connectivity index (χ1n) is 6.90. The fourth-order valence-electron chi connectivity index (χ4n) is 2.28. The average molecular weight is 265 g/mol. The first kappa shape index (κ1) is 14.3. The van der Waals surface area contributed by atoms with Crippen molar-refractivity contribution in [2.45, 2.75) is 31.5 Å². The van der Waals surface area contributed by atoms with Crippen molar-refractivity contribution in [1.29, 1.82) is 0 Å². The normalized spacial score (nSPS) is 21.1. The maximum absolute atomic E-state index is 5.90. The molecule has 4 heteroatoms. The topological polar surface area (TPSA) is 53.7 Å². The molecule has 0 aliphatic carbocycles. The number of methoxy groups -OCH3 is 1. The molecule has 0 spiro atoms. The molecular weight excluding hydrogens is 242 g/mol. The van der Waals surface area contributed by atoms with Crippen LogP contribution in [0.4, 0.5) is 0 Å². The third-order valence-corrected chi connectivity index (χ3v) is 3.46. The largest absolute Gasteiger partial charge is 0.497 e. The predicted octanol–water partition coefficient (Wildman–Crippen LogP) is 2.28. The van der Waals surface area contributed by atoms with E-state index in [0.29, 0.717) is 13.2 Å². The molecule has 1 aliphatic rings. The molecule has 1 heterocycles. The van der Waals surface area contributed by atoms with Crippen LogP contribution in [0.2, 0.25) is 0 Å². The third kappa shape index (κ3) is 4.20. The van der Waals surface area contributed by atoms with Crippen molar-refractivity contribution >= 4 is 0 Å². The molecule has 2 rings (SSSR count). The van der Waals surface area contributed by atoms with Crippen LogP contribution in [0.25, 0.3) is 0 Å². The van der Waals surface area contributed by atoms with Gasteiger partial charge in [-0.1, -0.05) is 12.1 Å². The lowest BCUT2D eigenvalue weighted by Crippen LogP contribution is -2.27. The summed E-state index contributed by atoms with van der Waals surface area (Å²) in [6.45, 7) is 1.94. The zero-order valence-electron chi connectivity index (χ0n) is 11.5. The van der Waals surface area contributed by atoms with Gasteiger partial charge in [0.25, 0.3) is 0 Å². The van der Waals surface area contributed by atoms with E-state index < -0.39 is 0 Å². The maximum Gasteiger partial charge on any atom is 0.118 e. The predicted molar refractivity (Wildman–Crippen MR) is 74.3 cm³/mol. The van der Waals surface area contributed by atoms with Crippen molar-refractivity contribution in [3.63, 3.8) is 0 Å². The number of hydrogen-bond acceptors (Lipinski definition) is 4. The standard InChI is InChI=1S/C15H23NO3/c1-17-13-7-5-12(6-8-13)15(10-16)19-11-14-4-2-3-9-18-14/h5-8,14-15H,2-4,9-11,16H2,1H3. The van der Waals surface area contributed by atoms with Gasteiger partial charge in [0.15, 0.2) is 0 Å². The molecule has 2 N–H and O–H groups in total. The molecule has 1 saturated heterocycles. The van der Waals surface area contributed by atoms with Gasteiger partial charge in [0.2, 0.25) is 0 Å². The van der Waals surface area contributed by atoms with Gasteiger partial charge in [-0.25, -0.2) is 0 Å². The van der Waals surface area contributed by atoms with Gasteiger partial charge in [0, 0.05) is 13.2 Å². The molecule has 1 aromatic carbocycles. The Balaban J connectivity index is 1.87. The van der Waals surface area contributed by atoms with E-state index in [1.54, 1.807) is 7.11 Å². The fourth-order valence-corrected chi connectivity index (χ4v) is 2.28. The summed E-state index contributed by atoms with van der Waals surface area (Å²) in [7, 11) is 1.66. The van der Waals surface area contributed by atoms with E-state index in [2.05, 4.69) is 0 Å². The minimum Gasteiger partial charge on any atom is -0.497 e. The van der Waals surface area contributed by atoms with E-state index in [-0.39, 0.29) is 12.2 Å². The Morgan fingerprint density at radius 3 is 2.68 bits per heavy atom. The maximum atomic E-state index is 5.90. The highest BCUT2D eigenvalue weighted by molar-refractivity contribution is 5.28. The fraction of sp³-hybridized carbons (Fsp3) is 0.600. The van der Waals surface area contributed by atoms with Gasteiger partial charge in [-0.05, 0) is 37.0 Å². The molecule has 1 fully saturated rings. The average Bonchev–Trinajstić information content (AvgIpc) is 2.49. The molecule has 4 nitrogen and oxygen atoms in total. The van der Waals surface area contributed by atoms with Crippen LogP contribution < -0.4 is 10.5 Å². The Morgan fingerprint density at radius 2 is 2.11 bits per heavy atom. The smallest absolute Gasteiger partial charge is 0.118 e. The molecule has 1 aromatic rings. The SMILES string of the molecule is COc1ccc(C(CN)OCC2CCCCO2)cc1. The van der Waals surface area contributed by atoms with E-state index >= 15 is 0 Å². The highest BCUT2D eigenvalue weighted by Crippen LogP contribution is 2.21. The molecule has 2 unspecified atom stereocenters. The Morgan fingerprint density at radius 1 is 1.32 bits per heavy atom. The van der Waals surface area contributed by atoms with Gasteiger partial charge in [0.05, 0.1) is 25.9 Å². The van der Waals surface area contributed by atoms with E-state index in [1.807, 2.05) is 24.3 Å². The number of hydrogen-bond donors (Lipinski definition) is 1. The molecule has 0 saturated carbocycles. The lowest BCUT2D eigenvalue weighted by atomic mass is 10.1. The summed E-state index contributed by atoms with van der Waals surface area (Å²) in [6.07, 6.45) is 3.62. The van der Waals surface area contributed by atoms with Gasteiger partial charge in [-0.2, -0.15) is 0 Å². The lowest BCUT2D eigenvalue weighted by molar-refractivity contribution is -0.0617. The number of rotatable bonds is 6. The van der Waals surface area contributed by atoms with E-state index in [9.17, 15) is 0 Å². The van der Waals surface area contributed by atoms with Gasteiger partial charge in [-0.15, -0.1) is 0 Å².